The van der Waals surface area contributed by atoms with Crippen molar-refractivity contribution in [3.05, 3.63) is 70.2 Å². The Hall–Kier alpha value is -3.77. The molecule has 4 rings (SSSR count). The average molecular weight is 555 g/mol. The van der Waals surface area contributed by atoms with Gasteiger partial charge in [0.1, 0.15) is 11.9 Å². The SMILES string of the molecule is Cc1cc(C)c(S(=O)(=O)N[C@H](CNC(=O)c2cnn(CCCc3ccc4c(n3)NCCC4)c2)C(=O)O)c(C)c1. The molecular weight excluding hydrogens is 520 g/mol. The number of pyridine rings is 1. The molecule has 0 bridgehead atoms. The molecule has 2 aromatic heterocycles. The molecule has 1 aliphatic heterocycles. The summed E-state index contributed by atoms with van der Waals surface area (Å²) in [5.41, 5.74) is 4.42. The van der Waals surface area contributed by atoms with Gasteiger partial charge >= 0.3 is 5.97 Å². The minimum absolute atomic E-state index is 0.0359. The van der Waals surface area contributed by atoms with Gasteiger partial charge in [-0.1, -0.05) is 23.8 Å². The van der Waals surface area contributed by atoms with Crippen LogP contribution < -0.4 is 15.4 Å². The Morgan fingerprint density at radius 3 is 2.64 bits per heavy atom. The number of sulfonamides is 1. The average Bonchev–Trinajstić information content (AvgIpc) is 3.34. The number of amides is 1. The summed E-state index contributed by atoms with van der Waals surface area (Å²) in [6, 6.07) is 6.05. The van der Waals surface area contributed by atoms with Crippen molar-refractivity contribution in [2.24, 2.45) is 0 Å². The van der Waals surface area contributed by atoms with Crippen LogP contribution in [0.2, 0.25) is 0 Å². The van der Waals surface area contributed by atoms with Crippen molar-refractivity contribution < 1.29 is 23.1 Å². The summed E-state index contributed by atoms with van der Waals surface area (Å²) < 4.78 is 29.8. The van der Waals surface area contributed by atoms with Gasteiger partial charge in [-0.05, 0) is 69.2 Å². The smallest absolute Gasteiger partial charge is 0.323 e. The molecule has 4 N–H and O–H groups in total. The fraction of sp³-hybridized carbons (Fsp3) is 0.407. The zero-order chi connectivity index (χ0) is 28.2. The molecule has 208 valence electrons. The molecule has 1 amide bonds. The van der Waals surface area contributed by atoms with Gasteiger partial charge in [-0.15, -0.1) is 0 Å². The second kappa shape index (κ2) is 12.0. The van der Waals surface area contributed by atoms with Gasteiger partial charge in [-0.3, -0.25) is 14.3 Å². The first-order chi connectivity index (χ1) is 18.5. The van der Waals surface area contributed by atoms with Crippen molar-refractivity contribution in [1.82, 2.24) is 24.8 Å². The number of nitrogens with one attached hydrogen (secondary N) is 3. The van der Waals surface area contributed by atoms with Gasteiger partial charge in [-0.2, -0.15) is 9.82 Å². The van der Waals surface area contributed by atoms with Crippen LogP contribution in [-0.2, 0) is 34.2 Å². The van der Waals surface area contributed by atoms with Crippen LogP contribution in [-0.4, -0.2) is 59.3 Å². The van der Waals surface area contributed by atoms with E-state index in [1.54, 1.807) is 36.9 Å². The van der Waals surface area contributed by atoms with E-state index in [4.69, 9.17) is 0 Å². The van der Waals surface area contributed by atoms with E-state index in [9.17, 15) is 23.1 Å². The van der Waals surface area contributed by atoms with Crippen molar-refractivity contribution in [3.63, 3.8) is 0 Å². The molecule has 0 saturated heterocycles. The van der Waals surface area contributed by atoms with Crippen LogP contribution in [0, 0.1) is 20.8 Å². The van der Waals surface area contributed by atoms with E-state index in [2.05, 4.69) is 31.5 Å². The van der Waals surface area contributed by atoms with Crippen molar-refractivity contribution >= 4 is 27.7 Å². The Bertz CT molecular complexity index is 1460. The van der Waals surface area contributed by atoms with Gasteiger partial charge in [0, 0.05) is 31.5 Å². The monoisotopic (exact) mass is 554 g/mol. The summed E-state index contributed by atoms with van der Waals surface area (Å²) in [5.74, 6) is -0.984. The van der Waals surface area contributed by atoms with E-state index < -0.39 is 34.5 Å². The van der Waals surface area contributed by atoms with Crippen LogP contribution in [0.15, 0.2) is 41.6 Å². The molecule has 1 aliphatic rings. The molecule has 1 atom stereocenters. The first-order valence-corrected chi connectivity index (χ1v) is 14.4. The Balaban J connectivity index is 1.31. The van der Waals surface area contributed by atoms with Crippen LogP contribution in [0.5, 0.6) is 0 Å². The third-order valence-corrected chi connectivity index (χ3v) is 8.38. The van der Waals surface area contributed by atoms with E-state index in [0.717, 1.165) is 49.3 Å². The second-order valence-electron chi connectivity index (χ2n) is 9.89. The fourth-order valence-electron chi connectivity index (χ4n) is 4.85. The number of rotatable bonds is 11. The number of carbonyl (C=O) groups excluding carboxylic acids is 1. The largest absolute Gasteiger partial charge is 0.480 e. The van der Waals surface area contributed by atoms with Crippen molar-refractivity contribution in [2.75, 3.05) is 18.4 Å². The molecule has 0 unspecified atom stereocenters. The normalized spacial score (nSPS) is 13.8. The van der Waals surface area contributed by atoms with Crippen LogP contribution in [0.3, 0.4) is 0 Å². The number of carboxylic acids is 1. The predicted molar refractivity (Wildman–Crippen MR) is 146 cm³/mol. The summed E-state index contributed by atoms with van der Waals surface area (Å²) in [4.78, 5) is 29.2. The van der Waals surface area contributed by atoms with Crippen LogP contribution in [0.4, 0.5) is 5.82 Å². The lowest BCUT2D eigenvalue weighted by atomic mass is 10.1. The number of hydrogen-bond acceptors (Lipinski definition) is 7. The molecule has 0 fully saturated rings. The van der Waals surface area contributed by atoms with Crippen molar-refractivity contribution in [3.8, 4) is 0 Å². The predicted octanol–water partition coefficient (Wildman–Crippen LogP) is 2.36. The standard InChI is InChI=1S/C27H34N6O5S/c1-17-12-18(2)24(19(3)13-17)39(37,38)32-23(27(35)36)15-29-26(34)21-14-30-33(16-21)11-5-7-22-9-8-20-6-4-10-28-25(20)31-22/h8-9,12-14,16,23,32H,4-7,10-11,15H2,1-3H3,(H,28,31)(H,29,34)(H,35,36)/t23-/m1/s1. The maximum absolute atomic E-state index is 13.0. The lowest BCUT2D eigenvalue weighted by Gasteiger charge is -2.18. The molecule has 3 heterocycles. The number of carboxylic acid groups (broad SMARTS) is 1. The van der Waals surface area contributed by atoms with Crippen molar-refractivity contribution in [1.29, 1.82) is 0 Å². The Morgan fingerprint density at radius 2 is 1.92 bits per heavy atom. The number of nitrogens with zero attached hydrogens (tertiary/aromatic N) is 3. The molecule has 1 aromatic carbocycles. The zero-order valence-electron chi connectivity index (χ0n) is 22.3. The quantitative estimate of drug-likeness (QED) is 0.282. The molecule has 0 spiro atoms. The topological polar surface area (TPSA) is 155 Å². The Kier molecular flexibility index (Phi) is 8.66. The van der Waals surface area contributed by atoms with E-state index in [0.29, 0.717) is 17.7 Å². The lowest BCUT2D eigenvalue weighted by Crippen LogP contribution is -2.48. The fourth-order valence-corrected chi connectivity index (χ4v) is 6.49. The van der Waals surface area contributed by atoms with E-state index in [1.165, 1.54) is 11.8 Å². The Labute approximate surface area is 228 Å². The second-order valence-corrected chi connectivity index (χ2v) is 11.5. The first-order valence-electron chi connectivity index (χ1n) is 12.9. The third-order valence-electron chi connectivity index (χ3n) is 6.60. The van der Waals surface area contributed by atoms with Crippen molar-refractivity contribution in [2.45, 2.75) is 63.9 Å². The number of anilines is 1. The minimum atomic E-state index is -4.14. The maximum Gasteiger partial charge on any atom is 0.323 e. The number of hydrogen-bond donors (Lipinski definition) is 4. The molecule has 11 nitrogen and oxygen atoms in total. The third kappa shape index (κ3) is 7.01. The van der Waals surface area contributed by atoms with E-state index in [-0.39, 0.29) is 10.5 Å². The number of aryl methyl sites for hydroxylation is 6. The van der Waals surface area contributed by atoms with Crippen LogP contribution in [0.25, 0.3) is 0 Å². The summed E-state index contributed by atoms with van der Waals surface area (Å²) in [7, 11) is -4.14. The lowest BCUT2D eigenvalue weighted by molar-refractivity contribution is -0.138. The van der Waals surface area contributed by atoms with E-state index in [1.807, 2.05) is 13.0 Å². The number of aliphatic carboxylic acids is 1. The van der Waals surface area contributed by atoms with Gasteiger partial charge in [0.25, 0.3) is 5.91 Å². The number of fused-ring (bicyclic) bond motifs is 1. The molecular formula is C27H34N6O5S. The van der Waals surface area contributed by atoms with Gasteiger partial charge in [0.15, 0.2) is 0 Å². The number of aromatic nitrogens is 3. The van der Waals surface area contributed by atoms with Crippen LogP contribution in [0.1, 0.15) is 51.1 Å². The van der Waals surface area contributed by atoms with Crippen LogP contribution >= 0.6 is 0 Å². The summed E-state index contributed by atoms with van der Waals surface area (Å²) >= 11 is 0. The van der Waals surface area contributed by atoms with Gasteiger partial charge in [0.2, 0.25) is 10.0 Å². The highest BCUT2D eigenvalue weighted by atomic mass is 32.2. The number of carbonyl (C=O) groups is 2. The summed E-state index contributed by atoms with van der Waals surface area (Å²) in [5, 5.41) is 19.7. The zero-order valence-corrected chi connectivity index (χ0v) is 23.1. The highest BCUT2D eigenvalue weighted by Gasteiger charge is 2.28. The molecule has 3 aromatic rings. The van der Waals surface area contributed by atoms with Gasteiger partial charge < -0.3 is 15.7 Å². The highest BCUT2D eigenvalue weighted by Crippen LogP contribution is 2.22. The molecule has 39 heavy (non-hydrogen) atoms. The molecule has 0 radical (unpaired) electrons. The summed E-state index contributed by atoms with van der Waals surface area (Å²) in [6.45, 7) is 6.25. The minimum Gasteiger partial charge on any atom is -0.480 e. The van der Waals surface area contributed by atoms with Gasteiger partial charge in [-0.25, -0.2) is 13.4 Å². The van der Waals surface area contributed by atoms with E-state index >= 15 is 0 Å². The Morgan fingerprint density at radius 1 is 1.18 bits per heavy atom. The molecule has 12 heteroatoms. The first kappa shape index (κ1) is 28.2. The molecule has 0 saturated carbocycles. The summed E-state index contributed by atoms with van der Waals surface area (Å²) in [6.07, 6.45) is 6.67. The van der Waals surface area contributed by atoms with Gasteiger partial charge in [0.05, 0.1) is 16.7 Å². The highest BCUT2D eigenvalue weighted by molar-refractivity contribution is 7.89. The molecule has 0 aliphatic carbocycles. The maximum atomic E-state index is 13.0. The number of benzene rings is 1.